The molecule has 1 amide bonds. The van der Waals surface area contributed by atoms with E-state index in [1.807, 2.05) is 20.8 Å². The van der Waals surface area contributed by atoms with Crippen LogP contribution in [-0.4, -0.2) is 45.0 Å². The van der Waals surface area contributed by atoms with Crippen LogP contribution in [0.5, 0.6) is 0 Å². The van der Waals surface area contributed by atoms with E-state index in [1.165, 1.54) is 18.2 Å². The van der Waals surface area contributed by atoms with Crippen molar-refractivity contribution in [1.29, 1.82) is 0 Å². The third kappa shape index (κ3) is 5.71. The second kappa shape index (κ2) is 8.75. The summed E-state index contributed by atoms with van der Waals surface area (Å²) in [6, 6.07) is 6.49. The summed E-state index contributed by atoms with van der Waals surface area (Å²) in [6.07, 6.45) is 0.0469. The maximum atomic E-state index is 13.9. The minimum atomic E-state index is -1.23. The van der Waals surface area contributed by atoms with Crippen LogP contribution in [0.4, 0.5) is 4.39 Å². The topological polar surface area (TPSA) is 111 Å². The fraction of sp³-hybridized carbons (Fsp3) is 0.368. The third-order valence-corrected chi connectivity index (χ3v) is 3.66. The molecule has 150 valence electrons. The van der Waals surface area contributed by atoms with Gasteiger partial charge in [0, 0.05) is 19.1 Å². The normalized spacial score (nSPS) is 12.4. The Balaban J connectivity index is 2.19. The van der Waals surface area contributed by atoms with Crippen molar-refractivity contribution < 1.29 is 23.8 Å². The summed E-state index contributed by atoms with van der Waals surface area (Å²) in [7, 11) is 0. The smallest absolute Gasteiger partial charge is 0.326 e. The van der Waals surface area contributed by atoms with E-state index in [2.05, 4.69) is 10.4 Å². The van der Waals surface area contributed by atoms with E-state index in [0.29, 0.717) is 0 Å². The van der Waals surface area contributed by atoms with Crippen LogP contribution in [0.15, 0.2) is 41.2 Å². The maximum Gasteiger partial charge on any atom is 0.326 e. The van der Waals surface area contributed by atoms with Gasteiger partial charge in [-0.25, -0.2) is 9.18 Å². The molecule has 0 radical (unpaired) electrons. The van der Waals surface area contributed by atoms with Crippen LogP contribution < -0.4 is 10.9 Å². The standard InChI is InChI=1S/C19H22FN3O5/c1-19(2,3)28-11-10-14(18(26)27)21-17(25)13-8-9-16(24)23(22-13)15-7-5-4-6-12(15)20/h4-9,14H,10-11H2,1-3H3,(H,21,25)(H,26,27). The van der Waals surface area contributed by atoms with Crippen LogP contribution in [0.3, 0.4) is 0 Å². The molecule has 0 aliphatic rings. The number of nitrogens with zero attached hydrogens (tertiary/aromatic N) is 2. The zero-order chi connectivity index (χ0) is 20.9. The number of carbonyl (C=O) groups is 2. The van der Waals surface area contributed by atoms with E-state index in [4.69, 9.17) is 4.74 Å². The first-order chi connectivity index (χ1) is 13.1. The van der Waals surface area contributed by atoms with E-state index in [9.17, 15) is 23.9 Å². The van der Waals surface area contributed by atoms with E-state index < -0.39 is 34.9 Å². The summed E-state index contributed by atoms with van der Waals surface area (Å²) in [4.78, 5) is 35.8. The zero-order valence-corrected chi connectivity index (χ0v) is 15.8. The van der Waals surface area contributed by atoms with E-state index >= 15 is 0 Å². The Kier molecular flexibility index (Phi) is 6.63. The number of carboxylic acid groups (broad SMARTS) is 1. The van der Waals surface area contributed by atoms with Crippen LogP contribution >= 0.6 is 0 Å². The Bertz CT molecular complexity index is 920. The van der Waals surface area contributed by atoms with Gasteiger partial charge in [-0.15, -0.1) is 0 Å². The van der Waals surface area contributed by atoms with Gasteiger partial charge in [0.15, 0.2) is 0 Å². The predicted molar refractivity (Wildman–Crippen MR) is 99.0 cm³/mol. The average molecular weight is 391 g/mol. The number of carboxylic acids is 1. The zero-order valence-electron chi connectivity index (χ0n) is 15.8. The number of ether oxygens (including phenoxy) is 1. The first kappa shape index (κ1) is 21.2. The van der Waals surface area contributed by atoms with Crippen molar-refractivity contribution in [3.63, 3.8) is 0 Å². The number of hydrogen-bond acceptors (Lipinski definition) is 5. The Morgan fingerprint density at radius 2 is 1.93 bits per heavy atom. The van der Waals surface area contributed by atoms with Gasteiger partial charge in [-0.05, 0) is 39.0 Å². The third-order valence-electron chi connectivity index (χ3n) is 3.66. The lowest BCUT2D eigenvalue weighted by Crippen LogP contribution is -2.42. The minimum absolute atomic E-state index is 0.0469. The summed E-state index contributed by atoms with van der Waals surface area (Å²) in [5.41, 5.74) is -1.40. The molecule has 28 heavy (non-hydrogen) atoms. The number of rotatable bonds is 7. The number of benzene rings is 1. The molecule has 0 fully saturated rings. The van der Waals surface area contributed by atoms with Crippen LogP contribution in [0.2, 0.25) is 0 Å². The van der Waals surface area contributed by atoms with Crippen LogP contribution in [0.25, 0.3) is 5.69 Å². The molecule has 0 spiro atoms. The van der Waals surface area contributed by atoms with Crippen LogP contribution in [-0.2, 0) is 9.53 Å². The van der Waals surface area contributed by atoms with Gasteiger partial charge in [-0.1, -0.05) is 12.1 Å². The molecule has 2 rings (SSSR count). The highest BCUT2D eigenvalue weighted by atomic mass is 19.1. The molecule has 1 unspecified atom stereocenters. The van der Waals surface area contributed by atoms with E-state index in [0.717, 1.165) is 22.9 Å². The average Bonchev–Trinajstić information content (AvgIpc) is 2.60. The highest BCUT2D eigenvalue weighted by Crippen LogP contribution is 2.10. The molecule has 0 saturated heterocycles. The van der Waals surface area contributed by atoms with Crippen LogP contribution in [0.1, 0.15) is 37.7 Å². The second-order valence-electron chi connectivity index (χ2n) is 7.03. The highest BCUT2D eigenvalue weighted by molar-refractivity contribution is 5.94. The van der Waals surface area contributed by atoms with Crippen molar-refractivity contribution in [2.24, 2.45) is 0 Å². The number of amides is 1. The van der Waals surface area contributed by atoms with Crippen molar-refractivity contribution in [3.05, 3.63) is 58.3 Å². The van der Waals surface area contributed by atoms with Crippen molar-refractivity contribution in [1.82, 2.24) is 15.1 Å². The second-order valence-corrected chi connectivity index (χ2v) is 7.03. The minimum Gasteiger partial charge on any atom is -0.480 e. The van der Waals surface area contributed by atoms with Gasteiger partial charge in [-0.2, -0.15) is 9.78 Å². The molecule has 1 atom stereocenters. The Morgan fingerprint density at radius 3 is 2.54 bits per heavy atom. The molecule has 1 heterocycles. The van der Waals surface area contributed by atoms with Crippen molar-refractivity contribution >= 4 is 11.9 Å². The number of aliphatic carboxylic acids is 1. The van der Waals surface area contributed by atoms with E-state index in [-0.39, 0.29) is 24.4 Å². The Labute approximate surface area is 160 Å². The van der Waals surface area contributed by atoms with Gasteiger partial charge in [0.2, 0.25) is 0 Å². The first-order valence-electron chi connectivity index (χ1n) is 8.61. The van der Waals surface area contributed by atoms with Gasteiger partial charge in [0.1, 0.15) is 23.2 Å². The fourth-order valence-corrected chi connectivity index (χ4v) is 2.30. The molecule has 0 bridgehead atoms. The number of para-hydroxylation sites is 1. The lowest BCUT2D eigenvalue weighted by atomic mass is 10.1. The number of nitrogens with one attached hydrogen (secondary N) is 1. The molecule has 8 nitrogen and oxygen atoms in total. The van der Waals surface area contributed by atoms with Crippen LogP contribution in [0, 0.1) is 5.82 Å². The Hall–Kier alpha value is -3.07. The number of carbonyl (C=O) groups excluding carboxylic acids is 1. The predicted octanol–water partition coefficient (Wildman–Crippen LogP) is 1.76. The summed E-state index contributed by atoms with van der Waals surface area (Å²) >= 11 is 0. The van der Waals surface area contributed by atoms with Gasteiger partial charge < -0.3 is 15.2 Å². The lowest BCUT2D eigenvalue weighted by molar-refractivity contribution is -0.140. The monoisotopic (exact) mass is 391 g/mol. The van der Waals surface area contributed by atoms with Gasteiger partial charge in [-0.3, -0.25) is 9.59 Å². The molecule has 2 N–H and O–H groups in total. The number of halogens is 1. The lowest BCUT2D eigenvalue weighted by Gasteiger charge is -2.21. The number of aromatic nitrogens is 2. The SMILES string of the molecule is CC(C)(C)OCCC(NC(=O)c1ccc(=O)n(-c2ccccc2F)n1)C(=O)O. The highest BCUT2D eigenvalue weighted by Gasteiger charge is 2.23. The van der Waals surface area contributed by atoms with E-state index in [1.54, 1.807) is 0 Å². The molecule has 1 aromatic heterocycles. The Morgan fingerprint density at radius 1 is 1.25 bits per heavy atom. The molecule has 9 heteroatoms. The maximum absolute atomic E-state index is 13.9. The quantitative estimate of drug-likeness (QED) is 0.744. The summed E-state index contributed by atoms with van der Waals surface area (Å²) < 4.78 is 20.2. The summed E-state index contributed by atoms with van der Waals surface area (Å²) in [5, 5.41) is 15.5. The first-order valence-corrected chi connectivity index (χ1v) is 8.61. The molecule has 0 aliphatic carbocycles. The molecule has 1 aromatic carbocycles. The molecule has 0 saturated carbocycles. The van der Waals surface area contributed by atoms with Crippen molar-refractivity contribution in [3.8, 4) is 5.69 Å². The fourth-order valence-electron chi connectivity index (χ4n) is 2.30. The number of hydrogen-bond donors (Lipinski definition) is 2. The largest absolute Gasteiger partial charge is 0.480 e. The molecular formula is C19H22FN3O5. The van der Waals surface area contributed by atoms with Gasteiger partial charge >= 0.3 is 5.97 Å². The summed E-state index contributed by atoms with van der Waals surface area (Å²) in [5.74, 6) is -2.71. The summed E-state index contributed by atoms with van der Waals surface area (Å²) in [6.45, 7) is 5.62. The molecular weight excluding hydrogens is 369 g/mol. The van der Waals surface area contributed by atoms with Crippen molar-refractivity contribution in [2.45, 2.75) is 38.8 Å². The molecule has 0 aliphatic heterocycles. The van der Waals surface area contributed by atoms with Crippen molar-refractivity contribution in [2.75, 3.05) is 6.61 Å². The molecule has 2 aromatic rings. The van der Waals surface area contributed by atoms with Gasteiger partial charge in [0.25, 0.3) is 11.5 Å². The van der Waals surface area contributed by atoms with Gasteiger partial charge in [0.05, 0.1) is 5.60 Å².